The van der Waals surface area contributed by atoms with Gasteiger partial charge in [-0.05, 0) is 29.7 Å². The molecule has 3 rings (SSSR count). The molecule has 0 saturated carbocycles. The summed E-state index contributed by atoms with van der Waals surface area (Å²) in [6.45, 7) is 2.37. The van der Waals surface area contributed by atoms with Gasteiger partial charge in [0.2, 0.25) is 5.91 Å². The lowest BCUT2D eigenvalue weighted by Crippen LogP contribution is -2.41. The molecule has 162 valence electrons. The van der Waals surface area contributed by atoms with E-state index >= 15 is 0 Å². The van der Waals surface area contributed by atoms with Crippen molar-refractivity contribution in [2.45, 2.75) is 39.3 Å². The zero-order valence-corrected chi connectivity index (χ0v) is 17.3. The average molecular weight is 424 g/mol. The van der Waals surface area contributed by atoms with Gasteiger partial charge in [0.1, 0.15) is 11.6 Å². The van der Waals surface area contributed by atoms with E-state index in [4.69, 9.17) is 5.73 Å². The number of amides is 1. The fraction of sp³-hybridized carbons (Fsp3) is 0.261. The number of nitrogens with zero attached hydrogens (tertiary/aromatic N) is 2. The van der Waals surface area contributed by atoms with E-state index in [0.717, 1.165) is 12.0 Å². The Morgan fingerprint density at radius 2 is 1.81 bits per heavy atom. The molecule has 3 N–H and O–H groups in total. The Hall–Kier alpha value is -3.68. The third-order valence-electron chi connectivity index (χ3n) is 4.95. The van der Waals surface area contributed by atoms with Crippen LogP contribution in [0.15, 0.2) is 64.2 Å². The molecule has 1 aromatic heterocycles. The van der Waals surface area contributed by atoms with Crippen molar-refractivity contribution in [3.63, 3.8) is 0 Å². The fourth-order valence-electron chi connectivity index (χ4n) is 3.35. The Balaban J connectivity index is 2.06. The highest BCUT2D eigenvalue weighted by Gasteiger charge is 2.24. The summed E-state index contributed by atoms with van der Waals surface area (Å²) >= 11 is 0. The number of anilines is 2. The zero-order valence-electron chi connectivity index (χ0n) is 17.3. The van der Waals surface area contributed by atoms with Gasteiger partial charge in [-0.1, -0.05) is 55.8 Å². The number of benzene rings is 2. The number of aromatic nitrogens is 2. The number of aromatic amines is 1. The molecule has 0 spiro atoms. The minimum absolute atomic E-state index is 0.0641. The van der Waals surface area contributed by atoms with Crippen molar-refractivity contribution < 1.29 is 9.18 Å². The van der Waals surface area contributed by atoms with Crippen molar-refractivity contribution in [2.75, 3.05) is 10.6 Å². The largest absolute Gasteiger partial charge is 0.383 e. The number of nitrogens with two attached hydrogens (primary N) is 1. The maximum absolute atomic E-state index is 13.6. The van der Waals surface area contributed by atoms with Crippen molar-refractivity contribution in [2.24, 2.45) is 0 Å². The summed E-state index contributed by atoms with van der Waals surface area (Å²) in [5.41, 5.74) is 6.04. The smallest absolute Gasteiger partial charge is 0.330 e. The van der Waals surface area contributed by atoms with E-state index in [-0.39, 0.29) is 24.5 Å². The van der Waals surface area contributed by atoms with Crippen molar-refractivity contribution in [3.05, 3.63) is 92.4 Å². The molecule has 3 aromatic rings. The van der Waals surface area contributed by atoms with E-state index in [1.54, 1.807) is 6.07 Å². The summed E-state index contributed by atoms with van der Waals surface area (Å²) in [7, 11) is 0. The lowest BCUT2D eigenvalue weighted by Gasteiger charge is -2.25. The lowest BCUT2D eigenvalue weighted by molar-refractivity contribution is -0.118. The highest BCUT2D eigenvalue weighted by molar-refractivity contribution is 5.96. The minimum Gasteiger partial charge on any atom is -0.383 e. The van der Waals surface area contributed by atoms with Crippen LogP contribution in [0.25, 0.3) is 0 Å². The van der Waals surface area contributed by atoms with Crippen molar-refractivity contribution in [3.8, 4) is 0 Å². The molecule has 0 fully saturated rings. The Morgan fingerprint density at radius 3 is 2.48 bits per heavy atom. The van der Waals surface area contributed by atoms with Gasteiger partial charge in [-0.25, -0.2) is 9.18 Å². The number of H-pyrrole nitrogens is 1. The number of carbonyl (C=O) groups is 1. The van der Waals surface area contributed by atoms with E-state index in [9.17, 15) is 18.8 Å². The normalized spacial score (nSPS) is 10.8. The van der Waals surface area contributed by atoms with Crippen molar-refractivity contribution >= 4 is 17.4 Å². The van der Waals surface area contributed by atoms with E-state index in [1.165, 1.54) is 27.7 Å². The van der Waals surface area contributed by atoms with Crippen LogP contribution in [0.4, 0.5) is 15.9 Å². The molecule has 0 aliphatic rings. The van der Waals surface area contributed by atoms with E-state index in [0.29, 0.717) is 18.5 Å². The summed E-state index contributed by atoms with van der Waals surface area (Å²) in [5.74, 6) is -0.955. The molecular weight excluding hydrogens is 399 g/mol. The van der Waals surface area contributed by atoms with E-state index in [1.807, 2.05) is 37.3 Å². The Bertz CT molecular complexity index is 1170. The van der Waals surface area contributed by atoms with Gasteiger partial charge in [0, 0.05) is 6.54 Å². The number of unbranched alkanes of at least 4 members (excludes halogenated alkanes) is 1. The van der Waals surface area contributed by atoms with Crippen molar-refractivity contribution in [1.29, 1.82) is 0 Å². The number of rotatable bonds is 8. The van der Waals surface area contributed by atoms with Crippen LogP contribution in [0.5, 0.6) is 0 Å². The average Bonchev–Trinajstić information content (AvgIpc) is 2.73. The van der Waals surface area contributed by atoms with Crippen LogP contribution >= 0.6 is 0 Å². The highest BCUT2D eigenvalue weighted by atomic mass is 19.1. The molecule has 0 bridgehead atoms. The van der Waals surface area contributed by atoms with Gasteiger partial charge in [-0.3, -0.25) is 24.0 Å². The predicted octanol–water partition coefficient (Wildman–Crippen LogP) is 2.83. The molecule has 0 atom stereocenters. The molecule has 31 heavy (non-hydrogen) atoms. The van der Waals surface area contributed by atoms with Crippen LogP contribution in [-0.2, 0) is 24.3 Å². The number of nitrogen functional groups attached to an aromatic ring is 1. The van der Waals surface area contributed by atoms with Crippen molar-refractivity contribution in [1.82, 2.24) is 9.55 Å². The summed E-state index contributed by atoms with van der Waals surface area (Å²) < 4.78 is 14.9. The Kier molecular flexibility index (Phi) is 7.02. The SMILES string of the molecule is CCCCn1c(N)c(N(Cc2ccccc2)C(=O)Cc2cccc(F)c2)c(=O)[nH]c1=O. The second-order valence-corrected chi connectivity index (χ2v) is 7.27. The number of halogens is 1. The van der Waals surface area contributed by atoms with Gasteiger partial charge in [0.05, 0.1) is 13.0 Å². The van der Waals surface area contributed by atoms with Gasteiger partial charge in [-0.15, -0.1) is 0 Å². The number of nitrogens with one attached hydrogen (secondary N) is 1. The maximum Gasteiger partial charge on any atom is 0.330 e. The van der Waals surface area contributed by atoms with Gasteiger partial charge in [-0.2, -0.15) is 0 Å². The van der Waals surface area contributed by atoms with E-state index in [2.05, 4.69) is 4.98 Å². The lowest BCUT2D eigenvalue weighted by atomic mass is 10.1. The first-order valence-electron chi connectivity index (χ1n) is 10.1. The highest BCUT2D eigenvalue weighted by Crippen LogP contribution is 2.21. The van der Waals surface area contributed by atoms with Crippen LogP contribution in [0, 0.1) is 5.82 Å². The molecule has 1 amide bonds. The summed E-state index contributed by atoms with van der Waals surface area (Å²) in [4.78, 5) is 41.8. The fourth-order valence-corrected chi connectivity index (χ4v) is 3.35. The molecule has 1 heterocycles. The zero-order chi connectivity index (χ0) is 22.4. The van der Waals surface area contributed by atoms with Gasteiger partial charge in [0.25, 0.3) is 5.56 Å². The standard InChI is InChI=1S/C23H25FN4O3/c1-2-3-12-27-21(25)20(22(30)26-23(27)31)28(15-16-8-5-4-6-9-16)19(29)14-17-10-7-11-18(24)13-17/h4-11,13H,2-3,12,14-15,25H2,1H3,(H,26,30,31). The Morgan fingerprint density at radius 1 is 1.10 bits per heavy atom. The second-order valence-electron chi connectivity index (χ2n) is 7.27. The molecule has 7 nitrogen and oxygen atoms in total. The third-order valence-corrected chi connectivity index (χ3v) is 4.95. The molecule has 0 saturated heterocycles. The first-order chi connectivity index (χ1) is 14.9. The molecule has 0 aliphatic carbocycles. The first-order valence-corrected chi connectivity index (χ1v) is 10.1. The molecule has 0 unspecified atom stereocenters. The van der Waals surface area contributed by atoms with Gasteiger partial charge in [0.15, 0.2) is 5.69 Å². The summed E-state index contributed by atoms with van der Waals surface area (Å²) in [6, 6.07) is 14.8. The Labute approximate surface area is 178 Å². The summed E-state index contributed by atoms with van der Waals surface area (Å²) in [6.07, 6.45) is 1.38. The van der Waals surface area contributed by atoms with Crippen LogP contribution in [0.3, 0.4) is 0 Å². The van der Waals surface area contributed by atoms with Gasteiger partial charge >= 0.3 is 5.69 Å². The number of hydrogen-bond acceptors (Lipinski definition) is 4. The molecule has 0 radical (unpaired) electrons. The molecule has 8 heteroatoms. The monoisotopic (exact) mass is 424 g/mol. The molecule has 0 aliphatic heterocycles. The topological polar surface area (TPSA) is 101 Å². The number of hydrogen-bond donors (Lipinski definition) is 2. The third kappa shape index (κ3) is 5.28. The number of carbonyl (C=O) groups excluding carboxylic acids is 1. The van der Waals surface area contributed by atoms with Gasteiger partial charge < -0.3 is 5.73 Å². The van der Waals surface area contributed by atoms with Crippen LogP contribution in [0.2, 0.25) is 0 Å². The maximum atomic E-state index is 13.6. The first kappa shape index (κ1) is 22.0. The van der Waals surface area contributed by atoms with Crippen LogP contribution in [-0.4, -0.2) is 15.5 Å². The predicted molar refractivity (Wildman–Crippen MR) is 118 cm³/mol. The molecular formula is C23H25FN4O3. The van der Waals surface area contributed by atoms with E-state index < -0.39 is 23.0 Å². The van der Waals surface area contributed by atoms with Crippen LogP contribution in [0.1, 0.15) is 30.9 Å². The molecule has 2 aromatic carbocycles. The quantitative estimate of drug-likeness (QED) is 0.581. The second kappa shape index (κ2) is 9.88. The van der Waals surface area contributed by atoms with Crippen LogP contribution < -0.4 is 21.9 Å². The minimum atomic E-state index is -0.737. The summed E-state index contributed by atoms with van der Waals surface area (Å²) in [5, 5.41) is 0.